The number of piperidine rings is 2. The lowest BCUT2D eigenvalue weighted by Gasteiger charge is -2.51. The molecule has 1 N–H and O–H groups in total. The van der Waals surface area contributed by atoms with Gasteiger partial charge >= 0.3 is 18.3 Å². The molecule has 2 saturated heterocycles. The minimum absolute atomic E-state index is 0.0110. The summed E-state index contributed by atoms with van der Waals surface area (Å²) in [6.45, 7) is 4.87. The molecule has 0 radical (unpaired) electrons. The molecule has 302 valence electrons. The fourth-order valence-electron chi connectivity index (χ4n) is 7.41. The number of para-hydroxylation sites is 1. The molecule has 2 aliphatic heterocycles. The van der Waals surface area contributed by atoms with E-state index in [4.69, 9.17) is 9.47 Å². The van der Waals surface area contributed by atoms with Gasteiger partial charge in [-0.05, 0) is 58.1 Å². The van der Waals surface area contributed by atoms with E-state index >= 15 is 0 Å². The number of aromatic nitrogens is 1. The molecule has 2 aliphatic rings. The highest BCUT2D eigenvalue weighted by Crippen LogP contribution is 2.45. The summed E-state index contributed by atoms with van der Waals surface area (Å²) in [7, 11) is 0. The molecule has 0 aliphatic carbocycles. The first-order valence-electron chi connectivity index (χ1n) is 18.1. The Morgan fingerprint density at radius 1 is 1.04 bits per heavy atom. The predicted octanol–water partition coefficient (Wildman–Crippen LogP) is 8.37. The number of carboxylic acid groups (broad SMARTS) is 1. The average molecular weight is 809 g/mol. The fourth-order valence-corrected chi connectivity index (χ4v) is 8.09. The molecule has 10 nitrogen and oxygen atoms in total. The number of carbonyl (C=O) groups excluding carboxylic acids is 2. The zero-order valence-electron chi connectivity index (χ0n) is 31.0. The maximum Gasteiger partial charge on any atom is 0.425 e. The second-order valence-electron chi connectivity index (χ2n) is 14.7. The number of hydrogen-bond acceptors (Lipinski definition) is 8. The number of benzene rings is 1. The highest BCUT2D eigenvalue weighted by atomic mass is 32.1. The smallest absolute Gasteiger partial charge is 0.425 e. The third kappa shape index (κ3) is 8.59. The molecule has 2 amide bonds. The van der Waals surface area contributed by atoms with Crippen molar-refractivity contribution in [3.63, 3.8) is 0 Å². The summed E-state index contributed by atoms with van der Waals surface area (Å²) in [6, 6.07) is 9.49. The highest BCUT2D eigenvalue weighted by Gasteiger charge is 2.57. The fraction of sp³-hybridized carbons (Fsp3) is 0.513. The van der Waals surface area contributed by atoms with Crippen molar-refractivity contribution in [2.75, 3.05) is 26.2 Å². The largest absolute Gasteiger partial charge is 0.493 e. The van der Waals surface area contributed by atoms with Crippen LogP contribution in [0.1, 0.15) is 92.1 Å². The van der Waals surface area contributed by atoms with Crippen LogP contribution in [0, 0.1) is 16.7 Å². The van der Waals surface area contributed by atoms with Gasteiger partial charge in [0, 0.05) is 55.5 Å². The lowest BCUT2D eigenvalue weighted by atomic mass is 9.72. The standard InChI is InChI=1S/C39H42F6N4O6S/c1-4-8-30-37(55-25-21-31(56-23-25)39(43,44)45,12-7-17-49(30)32(50)26-22-47-16-11-27(26)38(40,41)42)33(51)48-18-13-36(24-46,14-19-48)28-9-5-6-10-29(28)54-20-15-35(2,3)34(52)53/h5-6,9-11,16,21-23,30H,4,7-8,12-15,17-20H2,1-3H3,(H,52,53)/t30-,37+/m1/s1. The Labute approximate surface area is 324 Å². The van der Waals surface area contributed by atoms with E-state index in [1.165, 1.54) is 4.90 Å². The number of nitrogens with zero attached hydrogens (tertiary/aromatic N) is 4. The second-order valence-corrected chi connectivity index (χ2v) is 15.6. The molecule has 2 aromatic heterocycles. The normalized spacial score (nSPS) is 20.2. The van der Waals surface area contributed by atoms with Crippen LogP contribution in [0.15, 0.2) is 54.2 Å². The lowest BCUT2D eigenvalue weighted by Crippen LogP contribution is -2.68. The maximum atomic E-state index is 15.0. The monoisotopic (exact) mass is 808 g/mol. The van der Waals surface area contributed by atoms with Gasteiger partial charge in [-0.15, -0.1) is 11.3 Å². The first kappa shape index (κ1) is 42.3. The number of likely N-dealkylation sites (tertiary alicyclic amines) is 2. The number of ether oxygens (including phenoxy) is 2. The molecule has 2 fully saturated rings. The molecule has 4 heterocycles. The Bertz CT molecular complexity index is 1950. The molecule has 17 heteroatoms. The zero-order valence-corrected chi connectivity index (χ0v) is 31.8. The minimum Gasteiger partial charge on any atom is -0.493 e. The van der Waals surface area contributed by atoms with Crippen LogP contribution < -0.4 is 9.47 Å². The Morgan fingerprint density at radius 2 is 1.73 bits per heavy atom. The SMILES string of the molecule is CCC[C@H]1N(C(=O)c2cnccc2C(F)(F)F)CCC[C@@]1(Oc1csc(C(F)(F)F)c1)C(=O)N1CCC(C#N)(c2ccccc2OCCC(C)(C)C(=O)O)CC1. The van der Waals surface area contributed by atoms with Crippen LogP contribution >= 0.6 is 11.3 Å². The van der Waals surface area contributed by atoms with E-state index in [1.807, 2.05) is 0 Å². The third-order valence-electron chi connectivity index (χ3n) is 10.6. The van der Waals surface area contributed by atoms with Crippen molar-refractivity contribution < 1.29 is 55.3 Å². The van der Waals surface area contributed by atoms with Crippen LogP contribution in [0.4, 0.5) is 26.3 Å². The molecule has 1 aromatic carbocycles. The summed E-state index contributed by atoms with van der Waals surface area (Å²) in [5.74, 6) is -2.59. The summed E-state index contributed by atoms with van der Waals surface area (Å²) >= 11 is 0.358. The van der Waals surface area contributed by atoms with E-state index in [1.54, 1.807) is 45.0 Å². The van der Waals surface area contributed by atoms with E-state index in [9.17, 15) is 51.1 Å². The van der Waals surface area contributed by atoms with Gasteiger partial charge < -0.3 is 24.4 Å². The van der Waals surface area contributed by atoms with Crippen molar-refractivity contribution in [2.24, 2.45) is 5.41 Å². The van der Waals surface area contributed by atoms with E-state index in [-0.39, 0.29) is 70.5 Å². The van der Waals surface area contributed by atoms with Crippen molar-refractivity contribution >= 4 is 29.1 Å². The summed E-state index contributed by atoms with van der Waals surface area (Å²) in [5, 5.41) is 21.2. The van der Waals surface area contributed by atoms with E-state index in [2.05, 4.69) is 11.1 Å². The molecule has 0 saturated carbocycles. The molecule has 2 atom stereocenters. The van der Waals surface area contributed by atoms with E-state index in [0.717, 1.165) is 28.7 Å². The summed E-state index contributed by atoms with van der Waals surface area (Å²) in [4.78, 5) is 46.0. The summed E-state index contributed by atoms with van der Waals surface area (Å²) in [5.41, 5.74) is -5.62. The molecular formula is C39H42F6N4O6S. The van der Waals surface area contributed by atoms with Gasteiger partial charge in [-0.25, -0.2) is 0 Å². The van der Waals surface area contributed by atoms with Gasteiger partial charge in [0.25, 0.3) is 11.8 Å². The number of carbonyl (C=O) groups is 3. The maximum absolute atomic E-state index is 15.0. The summed E-state index contributed by atoms with van der Waals surface area (Å²) < 4.78 is 95.7. The predicted molar refractivity (Wildman–Crippen MR) is 192 cm³/mol. The lowest BCUT2D eigenvalue weighted by molar-refractivity contribution is -0.160. The van der Waals surface area contributed by atoms with Crippen molar-refractivity contribution in [1.29, 1.82) is 5.26 Å². The number of amides is 2. The topological polar surface area (TPSA) is 133 Å². The third-order valence-corrected chi connectivity index (χ3v) is 11.6. The van der Waals surface area contributed by atoms with Crippen LogP contribution in [-0.2, 0) is 27.4 Å². The van der Waals surface area contributed by atoms with Gasteiger partial charge in [-0.3, -0.25) is 19.4 Å². The van der Waals surface area contributed by atoms with Crippen molar-refractivity contribution in [3.8, 4) is 17.6 Å². The molecule has 0 unspecified atom stereocenters. The number of pyridine rings is 1. The van der Waals surface area contributed by atoms with Crippen LogP contribution in [0.3, 0.4) is 0 Å². The van der Waals surface area contributed by atoms with E-state index in [0.29, 0.717) is 35.1 Å². The summed E-state index contributed by atoms with van der Waals surface area (Å²) in [6.07, 6.45) is -7.08. The zero-order chi connectivity index (χ0) is 41.1. The number of rotatable bonds is 12. The number of thiophene rings is 1. The Hall–Kier alpha value is -4.85. The Kier molecular flexibility index (Phi) is 12.3. The van der Waals surface area contributed by atoms with Crippen LogP contribution in [0.25, 0.3) is 0 Å². The number of nitriles is 1. The Morgan fingerprint density at radius 3 is 2.34 bits per heavy atom. The second kappa shape index (κ2) is 16.3. The molecule has 0 spiro atoms. The number of aliphatic carboxylic acids is 1. The quantitative estimate of drug-likeness (QED) is 0.181. The number of hydrogen-bond donors (Lipinski definition) is 1. The van der Waals surface area contributed by atoms with Gasteiger partial charge in [0.2, 0.25) is 5.60 Å². The van der Waals surface area contributed by atoms with Crippen LogP contribution in [-0.4, -0.2) is 75.6 Å². The van der Waals surface area contributed by atoms with Crippen LogP contribution in [0.2, 0.25) is 0 Å². The first-order valence-corrected chi connectivity index (χ1v) is 19.0. The van der Waals surface area contributed by atoms with Crippen LogP contribution in [0.5, 0.6) is 11.5 Å². The van der Waals surface area contributed by atoms with E-state index < -0.39 is 68.6 Å². The molecule has 56 heavy (non-hydrogen) atoms. The van der Waals surface area contributed by atoms with Gasteiger partial charge in [0.15, 0.2) is 0 Å². The molecule has 5 rings (SSSR count). The highest BCUT2D eigenvalue weighted by molar-refractivity contribution is 7.10. The average Bonchev–Trinajstić information content (AvgIpc) is 3.64. The van der Waals surface area contributed by atoms with Crippen molar-refractivity contribution in [2.45, 2.75) is 95.1 Å². The first-order chi connectivity index (χ1) is 26.3. The molecule has 0 bridgehead atoms. The van der Waals surface area contributed by atoms with Crippen molar-refractivity contribution in [1.82, 2.24) is 14.8 Å². The van der Waals surface area contributed by atoms with Gasteiger partial charge in [0.05, 0.1) is 40.7 Å². The Balaban J connectivity index is 1.49. The molecular weight excluding hydrogens is 767 g/mol. The minimum atomic E-state index is -4.90. The number of alkyl halides is 6. The van der Waals surface area contributed by atoms with Gasteiger partial charge in [0.1, 0.15) is 16.4 Å². The van der Waals surface area contributed by atoms with Gasteiger partial charge in [-0.2, -0.15) is 31.6 Å². The molecule has 3 aromatic rings. The van der Waals surface area contributed by atoms with Gasteiger partial charge in [-0.1, -0.05) is 31.5 Å². The van der Waals surface area contributed by atoms with Crippen molar-refractivity contribution in [3.05, 3.63) is 75.7 Å². The number of halogens is 6. The number of carboxylic acids is 1.